The van der Waals surface area contributed by atoms with Gasteiger partial charge in [0.2, 0.25) is 10.0 Å². The van der Waals surface area contributed by atoms with Crippen LogP contribution in [-0.4, -0.2) is 21.1 Å². The smallest absolute Gasteiger partial charge is 0.241 e. The van der Waals surface area contributed by atoms with Crippen LogP contribution < -0.4 is 9.46 Å². The van der Waals surface area contributed by atoms with Crippen molar-refractivity contribution in [2.75, 3.05) is 6.61 Å². The Bertz CT molecular complexity index is 1190. The van der Waals surface area contributed by atoms with Gasteiger partial charge in [-0.3, -0.25) is 0 Å². The lowest BCUT2D eigenvalue weighted by Gasteiger charge is -2.34. The van der Waals surface area contributed by atoms with Crippen molar-refractivity contribution in [3.05, 3.63) is 64.7 Å². The molecule has 0 aliphatic carbocycles. The van der Waals surface area contributed by atoms with Gasteiger partial charge < -0.3 is 4.74 Å². The maximum absolute atomic E-state index is 13.3. The van der Waals surface area contributed by atoms with Crippen LogP contribution in [0.3, 0.4) is 0 Å². The van der Waals surface area contributed by atoms with E-state index in [2.05, 4.69) is 4.72 Å². The molecule has 160 valence electrons. The van der Waals surface area contributed by atoms with Crippen molar-refractivity contribution in [1.82, 2.24) is 4.72 Å². The molecule has 1 heterocycles. The van der Waals surface area contributed by atoms with Gasteiger partial charge in [-0.15, -0.1) is 0 Å². The normalized spacial score (nSPS) is 16.4. The van der Waals surface area contributed by atoms with Crippen LogP contribution >= 0.6 is 0 Å². The predicted octanol–water partition coefficient (Wildman–Crippen LogP) is 4.26. The van der Waals surface area contributed by atoms with Crippen LogP contribution in [-0.2, 0) is 10.0 Å². The largest absolute Gasteiger partial charge is 0.492 e. The molecule has 0 bridgehead atoms. The number of nitriles is 2. The van der Waals surface area contributed by atoms with Gasteiger partial charge in [0.15, 0.2) is 0 Å². The second-order valence-electron chi connectivity index (χ2n) is 7.71. The summed E-state index contributed by atoms with van der Waals surface area (Å²) in [7, 11) is -3.81. The number of allylic oxidation sites excluding steroid dienone is 1. The van der Waals surface area contributed by atoms with Crippen molar-refractivity contribution in [1.29, 1.82) is 10.5 Å². The number of sulfonamides is 1. The van der Waals surface area contributed by atoms with E-state index in [1.807, 2.05) is 44.2 Å². The highest BCUT2D eigenvalue weighted by Gasteiger charge is 2.36. The van der Waals surface area contributed by atoms with Gasteiger partial charge in [-0.2, -0.15) is 10.5 Å². The standard InChI is InChI=1S/C24H25N3O3S/c1-4-7-21(27-31(28,29)23-11-10-16(2)12-17(23)3)20-15-30-22-9-6-5-8-19(22)24(20)18(13-25)14-26/h5-6,8-12,20-21,27H,4,7,15H2,1-3H3/t20-,21+/m1/s1. The van der Waals surface area contributed by atoms with E-state index in [1.165, 1.54) is 0 Å². The molecule has 0 saturated carbocycles. The molecular weight excluding hydrogens is 410 g/mol. The lowest BCUT2D eigenvalue weighted by Crippen LogP contribution is -2.44. The SMILES string of the molecule is CCC[C@H](NS(=O)(=O)c1ccc(C)cc1C)[C@H]1COc2ccccc2C1=C(C#N)C#N. The molecule has 0 aromatic heterocycles. The van der Waals surface area contributed by atoms with Gasteiger partial charge in [0.05, 0.1) is 11.5 Å². The van der Waals surface area contributed by atoms with E-state index in [1.54, 1.807) is 31.2 Å². The van der Waals surface area contributed by atoms with Crippen LogP contribution in [0.15, 0.2) is 52.9 Å². The first-order valence-corrected chi connectivity index (χ1v) is 11.7. The first-order chi connectivity index (χ1) is 14.8. The number of rotatable bonds is 6. The van der Waals surface area contributed by atoms with Crippen molar-refractivity contribution >= 4 is 15.6 Å². The molecule has 1 aliphatic heterocycles. The maximum Gasteiger partial charge on any atom is 0.241 e. The molecule has 0 fully saturated rings. The molecule has 0 radical (unpaired) electrons. The topological polar surface area (TPSA) is 103 Å². The minimum Gasteiger partial charge on any atom is -0.492 e. The van der Waals surface area contributed by atoms with E-state index in [0.717, 1.165) is 12.0 Å². The highest BCUT2D eigenvalue weighted by Crippen LogP contribution is 2.40. The molecular formula is C24H25N3O3S. The molecule has 6 nitrogen and oxygen atoms in total. The Morgan fingerprint density at radius 3 is 2.55 bits per heavy atom. The third-order valence-electron chi connectivity index (χ3n) is 5.47. The van der Waals surface area contributed by atoms with Crippen LogP contribution in [0.4, 0.5) is 0 Å². The number of nitrogens with zero attached hydrogens (tertiary/aromatic N) is 2. The highest BCUT2D eigenvalue weighted by atomic mass is 32.2. The summed E-state index contributed by atoms with van der Waals surface area (Å²) >= 11 is 0. The van der Waals surface area contributed by atoms with E-state index >= 15 is 0 Å². The molecule has 2 atom stereocenters. The molecule has 0 spiro atoms. The number of nitrogens with one attached hydrogen (secondary N) is 1. The summed E-state index contributed by atoms with van der Waals surface area (Å²) in [5.74, 6) is 0.119. The van der Waals surface area contributed by atoms with Crippen molar-refractivity contribution < 1.29 is 13.2 Å². The molecule has 0 amide bonds. The molecule has 1 N–H and O–H groups in total. The number of hydrogen-bond donors (Lipinski definition) is 1. The number of hydrogen-bond acceptors (Lipinski definition) is 5. The van der Waals surface area contributed by atoms with E-state index in [-0.39, 0.29) is 17.1 Å². The Labute approximate surface area is 183 Å². The van der Waals surface area contributed by atoms with E-state index in [0.29, 0.717) is 28.9 Å². The van der Waals surface area contributed by atoms with Crippen molar-refractivity contribution in [2.45, 2.75) is 44.6 Å². The maximum atomic E-state index is 13.3. The molecule has 3 rings (SSSR count). The number of fused-ring (bicyclic) bond motifs is 1. The average Bonchev–Trinajstić information content (AvgIpc) is 2.74. The van der Waals surface area contributed by atoms with Gasteiger partial charge in [0, 0.05) is 17.5 Å². The molecule has 31 heavy (non-hydrogen) atoms. The van der Waals surface area contributed by atoms with Crippen molar-refractivity contribution in [2.24, 2.45) is 5.92 Å². The fourth-order valence-corrected chi connectivity index (χ4v) is 5.62. The zero-order chi connectivity index (χ0) is 22.6. The van der Waals surface area contributed by atoms with Gasteiger partial charge in [0.1, 0.15) is 23.5 Å². The van der Waals surface area contributed by atoms with Crippen molar-refractivity contribution in [3.8, 4) is 17.9 Å². The Morgan fingerprint density at radius 1 is 1.19 bits per heavy atom. The monoisotopic (exact) mass is 435 g/mol. The van der Waals surface area contributed by atoms with Crippen LogP contribution in [0.5, 0.6) is 5.75 Å². The third-order valence-corrected chi connectivity index (χ3v) is 7.12. The molecule has 2 aromatic rings. The quantitative estimate of drug-likeness (QED) is 0.683. The fraction of sp³-hybridized carbons (Fsp3) is 0.333. The summed E-state index contributed by atoms with van der Waals surface area (Å²) in [6, 6.07) is 15.9. The fourth-order valence-electron chi connectivity index (χ4n) is 4.08. The van der Waals surface area contributed by atoms with E-state index in [9.17, 15) is 18.9 Å². The van der Waals surface area contributed by atoms with E-state index in [4.69, 9.17) is 4.74 Å². The van der Waals surface area contributed by atoms with Gasteiger partial charge in [0.25, 0.3) is 0 Å². The summed E-state index contributed by atoms with van der Waals surface area (Å²) < 4.78 is 35.3. The zero-order valence-electron chi connectivity index (χ0n) is 17.8. The van der Waals surface area contributed by atoms with Crippen molar-refractivity contribution in [3.63, 3.8) is 0 Å². The lowest BCUT2D eigenvalue weighted by atomic mass is 9.81. The molecule has 7 heteroatoms. The summed E-state index contributed by atoms with van der Waals surface area (Å²) in [6.07, 6.45) is 1.26. The second-order valence-corrected chi connectivity index (χ2v) is 9.39. The Kier molecular flexibility index (Phi) is 6.80. The summed E-state index contributed by atoms with van der Waals surface area (Å²) in [4.78, 5) is 0.225. The average molecular weight is 436 g/mol. The summed E-state index contributed by atoms with van der Waals surface area (Å²) in [5.41, 5.74) is 2.82. The molecule has 0 unspecified atom stereocenters. The number of ether oxygens (including phenoxy) is 1. The minimum absolute atomic E-state index is 0.0208. The number of benzene rings is 2. The summed E-state index contributed by atoms with van der Waals surface area (Å²) in [5, 5.41) is 19.2. The van der Waals surface area contributed by atoms with Gasteiger partial charge in [-0.1, -0.05) is 49.2 Å². The van der Waals surface area contributed by atoms with E-state index < -0.39 is 22.0 Å². The summed E-state index contributed by atoms with van der Waals surface area (Å²) in [6.45, 7) is 5.83. The van der Waals surface area contributed by atoms with Crippen LogP contribution in [0, 0.1) is 42.4 Å². The van der Waals surface area contributed by atoms with Gasteiger partial charge in [-0.05, 0) is 43.5 Å². The first kappa shape index (κ1) is 22.6. The van der Waals surface area contributed by atoms with Crippen LogP contribution in [0.25, 0.3) is 5.57 Å². The predicted molar refractivity (Wildman–Crippen MR) is 119 cm³/mol. The number of para-hydroxylation sites is 1. The molecule has 2 aromatic carbocycles. The minimum atomic E-state index is -3.81. The Morgan fingerprint density at radius 2 is 1.90 bits per heavy atom. The first-order valence-electron chi connectivity index (χ1n) is 10.2. The number of aryl methyl sites for hydroxylation is 2. The van der Waals surface area contributed by atoms with Gasteiger partial charge in [-0.25, -0.2) is 13.1 Å². The molecule has 1 aliphatic rings. The van der Waals surface area contributed by atoms with Crippen LogP contribution in [0.1, 0.15) is 36.5 Å². The van der Waals surface area contributed by atoms with Gasteiger partial charge >= 0.3 is 0 Å². The molecule has 0 saturated heterocycles. The highest BCUT2D eigenvalue weighted by molar-refractivity contribution is 7.89. The lowest BCUT2D eigenvalue weighted by molar-refractivity contribution is 0.237. The Hall–Kier alpha value is -3.13. The Balaban J connectivity index is 2.07. The third kappa shape index (κ3) is 4.64. The zero-order valence-corrected chi connectivity index (χ0v) is 18.7. The second kappa shape index (κ2) is 9.34. The van der Waals surface area contributed by atoms with Crippen LogP contribution in [0.2, 0.25) is 0 Å².